The third-order valence-electron chi connectivity index (χ3n) is 1.18. The van der Waals surface area contributed by atoms with Crippen molar-refractivity contribution >= 4 is 28.9 Å². The Morgan fingerprint density at radius 2 is 2.33 bits per heavy atom. The third kappa shape index (κ3) is 2.60. The van der Waals surface area contributed by atoms with Crippen LogP contribution in [0, 0.1) is 0 Å². The van der Waals surface area contributed by atoms with Gasteiger partial charge in [-0.1, -0.05) is 25.6 Å². The second kappa shape index (κ2) is 4.05. The summed E-state index contributed by atoms with van der Waals surface area (Å²) in [6.45, 7) is 5.76. The minimum absolute atomic E-state index is 0.0434. The van der Waals surface area contributed by atoms with Gasteiger partial charge >= 0.3 is 0 Å². The molecule has 0 N–H and O–H groups in total. The van der Waals surface area contributed by atoms with Gasteiger partial charge in [-0.15, -0.1) is 11.3 Å². The van der Waals surface area contributed by atoms with Crippen LogP contribution in [-0.2, 0) is 0 Å². The highest BCUT2D eigenvalue weighted by Gasteiger charge is 2.07. The quantitative estimate of drug-likeness (QED) is 0.556. The van der Waals surface area contributed by atoms with Crippen LogP contribution in [0.15, 0.2) is 9.72 Å². The van der Waals surface area contributed by atoms with E-state index in [-0.39, 0.29) is 5.78 Å². The van der Waals surface area contributed by atoms with Crippen molar-refractivity contribution in [3.05, 3.63) is 11.1 Å². The Morgan fingerprint density at radius 3 is 2.75 bits per heavy atom. The van der Waals surface area contributed by atoms with Gasteiger partial charge < -0.3 is 0 Å². The van der Waals surface area contributed by atoms with Gasteiger partial charge in [-0.25, -0.2) is 4.98 Å². The number of aromatic nitrogens is 1. The van der Waals surface area contributed by atoms with E-state index in [0.717, 1.165) is 4.34 Å². The highest BCUT2D eigenvalue weighted by Crippen LogP contribution is 2.26. The van der Waals surface area contributed by atoms with Gasteiger partial charge in [0.1, 0.15) is 5.69 Å². The lowest BCUT2D eigenvalue weighted by molar-refractivity contribution is 0.101. The maximum absolute atomic E-state index is 10.9. The predicted molar refractivity (Wildman–Crippen MR) is 53.1 cm³/mol. The molecule has 0 aliphatic heterocycles. The number of thioether (sulfide) groups is 1. The zero-order chi connectivity index (χ0) is 9.14. The molecule has 0 atom stereocenters. The number of thiazole rings is 1. The zero-order valence-electron chi connectivity index (χ0n) is 7.33. The summed E-state index contributed by atoms with van der Waals surface area (Å²) in [5, 5.41) is 2.34. The number of nitrogens with zero attached hydrogens (tertiary/aromatic N) is 1. The lowest BCUT2D eigenvalue weighted by atomic mass is 10.4. The molecular formula is C8H11NOS2. The molecule has 0 bridgehead atoms. The highest BCUT2D eigenvalue weighted by atomic mass is 32.2. The summed E-state index contributed by atoms with van der Waals surface area (Å²) < 4.78 is 0.982. The molecule has 0 aliphatic carbocycles. The molecule has 0 saturated heterocycles. The first-order chi connectivity index (χ1) is 5.59. The molecule has 2 nitrogen and oxygen atoms in total. The third-order valence-corrected chi connectivity index (χ3v) is 3.16. The molecule has 0 aliphatic rings. The van der Waals surface area contributed by atoms with Crippen LogP contribution in [0.3, 0.4) is 0 Å². The van der Waals surface area contributed by atoms with E-state index in [1.165, 1.54) is 11.3 Å². The first-order valence-electron chi connectivity index (χ1n) is 3.72. The highest BCUT2D eigenvalue weighted by molar-refractivity contribution is 8.01. The van der Waals surface area contributed by atoms with Crippen molar-refractivity contribution < 1.29 is 4.79 Å². The van der Waals surface area contributed by atoms with Gasteiger partial charge in [0, 0.05) is 17.6 Å². The maximum Gasteiger partial charge on any atom is 0.179 e. The number of ketones is 1. The standard InChI is InChI=1S/C8H11NOS2/c1-5(2)12-8-9-7(4-11-8)6(3)10/h4-5H,1-3H3. The number of carbonyl (C=O) groups is 1. The second-order valence-electron chi connectivity index (χ2n) is 2.72. The molecule has 1 heterocycles. The minimum Gasteiger partial charge on any atom is -0.293 e. The van der Waals surface area contributed by atoms with Gasteiger partial charge in [0.2, 0.25) is 0 Å². The van der Waals surface area contributed by atoms with Crippen LogP contribution in [0.2, 0.25) is 0 Å². The van der Waals surface area contributed by atoms with Crippen LogP contribution in [0.4, 0.5) is 0 Å². The van der Waals surface area contributed by atoms with E-state index in [1.54, 1.807) is 18.7 Å². The first kappa shape index (κ1) is 9.74. The fourth-order valence-corrected chi connectivity index (χ4v) is 2.76. The van der Waals surface area contributed by atoms with E-state index in [4.69, 9.17) is 0 Å². The van der Waals surface area contributed by atoms with Crippen LogP contribution in [0.5, 0.6) is 0 Å². The number of hydrogen-bond acceptors (Lipinski definition) is 4. The van der Waals surface area contributed by atoms with E-state index < -0.39 is 0 Å². The number of carbonyl (C=O) groups excluding carboxylic acids is 1. The molecule has 0 radical (unpaired) electrons. The van der Waals surface area contributed by atoms with Gasteiger partial charge in [-0.05, 0) is 0 Å². The molecule has 66 valence electrons. The Labute approximate surface area is 80.4 Å². The monoisotopic (exact) mass is 201 g/mol. The topological polar surface area (TPSA) is 30.0 Å². The van der Waals surface area contributed by atoms with Gasteiger partial charge in [-0.2, -0.15) is 0 Å². The fourth-order valence-electron chi connectivity index (χ4n) is 0.675. The SMILES string of the molecule is CC(=O)c1csc(SC(C)C)n1. The van der Waals surface area contributed by atoms with Crippen LogP contribution < -0.4 is 0 Å². The molecule has 1 aromatic heterocycles. The number of Topliss-reactive ketones (excluding diaryl/α,β-unsaturated/α-hetero) is 1. The summed E-state index contributed by atoms with van der Waals surface area (Å²) in [6, 6.07) is 0. The summed E-state index contributed by atoms with van der Waals surface area (Å²) in [7, 11) is 0. The fraction of sp³-hybridized carbons (Fsp3) is 0.500. The smallest absolute Gasteiger partial charge is 0.179 e. The Bertz CT molecular complexity index is 280. The molecule has 1 rings (SSSR count). The number of rotatable bonds is 3. The van der Waals surface area contributed by atoms with Gasteiger partial charge in [0.15, 0.2) is 10.1 Å². The molecule has 0 amide bonds. The molecule has 4 heteroatoms. The molecule has 0 fully saturated rings. The average Bonchev–Trinajstić information content (AvgIpc) is 2.34. The molecule has 0 unspecified atom stereocenters. The summed E-state index contributed by atoms with van der Waals surface area (Å²) in [5.74, 6) is 0.0434. The van der Waals surface area contributed by atoms with Crippen LogP contribution in [0.25, 0.3) is 0 Å². The summed E-state index contributed by atoms with van der Waals surface area (Å²) in [6.07, 6.45) is 0. The Balaban J connectivity index is 2.71. The van der Waals surface area contributed by atoms with Crippen molar-refractivity contribution in [2.24, 2.45) is 0 Å². The van der Waals surface area contributed by atoms with Gasteiger partial charge in [0.05, 0.1) is 0 Å². The van der Waals surface area contributed by atoms with Crippen molar-refractivity contribution in [1.29, 1.82) is 0 Å². The molecule has 12 heavy (non-hydrogen) atoms. The van der Waals surface area contributed by atoms with Crippen molar-refractivity contribution in [2.75, 3.05) is 0 Å². The lowest BCUT2D eigenvalue weighted by Crippen LogP contribution is -1.91. The van der Waals surface area contributed by atoms with Crippen molar-refractivity contribution in [1.82, 2.24) is 4.98 Å². The Hall–Kier alpha value is -0.350. The lowest BCUT2D eigenvalue weighted by Gasteiger charge is -1.97. The summed E-state index contributed by atoms with van der Waals surface area (Å²) in [5.41, 5.74) is 0.586. The van der Waals surface area contributed by atoms with Crippen LogP contribution >= 0.6 is 23.1 Å². The van der Waals surface area contributed by atoms with Crippen LogP contribution in [-0.4, -0.2) is 16.0 Å². The molecular weight excluding hydrogens is 190 g/mol. The van der Waals surface area contributed by atoms with E-state index in [9.17, 15) is 4.79 Å². The Kier molecular flexibility index (Phi) is 3.29. The van der Waals surface area contributed by atoms with Crippen LogP contribution in [0.1, 0.15) is 31.3 Å². The minimum atomic E-state index is 0.0434. The molecule has 1 aromatic rings. The van der Waals surface area contributed by atoms with E-state index in [1.807, 2.05) is 5.38 Å². The van der Waals surface area contributed by atoms with Gasteiger partial charge in [-0.3, -0.25) is 4.79 Å². The van der Waals surface area contributed by atoms with Crippen molar-refractivity contribution in [3.63, 3.8) is 0 Å². The molecule has 0 aromatic carbocycles. The zero-order valence-corrected chi connectivity index (χ0v) is 8.96. The average molecular weight is 201 g/mol. The van der Waals surface area contributed by atoms with Crippen molar-refractivity contribution in [2.45, 2.75) is 30.4 Å². The number of hydrogen-bond donors (Lipinski definition) is 0. The Morgan fingerprint density at radius 1 is 1.67 bits per heavy atom. The van der Waals surface area contributed by atoms with E-state index in [2.05, 4.69) is 18.8 Å². The van der Waals surface area contributed by atoms with Gasteiger partial charge in [0.25, 0.3) is 0 Å². The first-order valence-corrected chi connectivity index (χ1v) is 5.48. The normalized spacial score (nSPS) is 10.7. The van der Waals surface area contributed by atoms with E-state index >= 15 is 0 Å². The largest absolute Gasteiger partial charge is 0.293 e. The predicted octanol–water partition coefficient (Wildman–Crippen LogP) is 2.85. The second-order valence-corrected chi connectivity index (χ2v) is 5.40. The summed E-state index contributed by atoms with van der Waals surface area (Å²) >= 11 is 3.23. The molecule has 0 spiro atoms. The van der Waals surface area contributed by atoms with Crippen molar-refractivity contribution in [3.8, 4) is 0 Å². The summed E-state index contributed by atoms with van der Waals surface area (Å²) in [4.78, 5) is 15.1. The maximum atomic E-state index is 10.9. The molecule has 0 saturated carbocycles. The van der Waals surface area contributed by atoms with E-state index in [0.29, 0.717) is 10.9 Å².